The van der Waals surface area contributed by atoms with Gasteiger partial charge < -0.3 is 9.64 Å². The zero-order valence-electron chi connectivity index (χ0n) is 11.7. The van der Waals surface area contributed by atoms with Gasteiger partial charge in [-0.2, -0.15) is 0 Å². The Hall–Kier alpha value is -1.47. The molecule has 19 heavy (non-hydrogen) atoms. The largest absolute Gasteiger partial charge is 0.477 e. The summed E-state index contributed by atoms with van der Waals surface area (Å²) in [4.78, 5) is 24.0. The van der Waals surface area contributed by atoms with E-state index < -0.39 is 4.92 Å². The molecule has 106 valence electrons. The molecule has 0 spiro atoms. The molecule has 0 amide bonds. The molecule has 1 aromatic heterocycles. The van der Waals surface area contributed by atoms with Crippen molar-refractivity contribution in [2.24, 2.45) is 0 Å². The number of carbonyl (C=O) groups excluding carboxylic acids is 1. The van der Waals surface area contributed by atoms with E-state index in [2.05, 4.69) is 0 Å². The standard InChI is InChI=1S/C12H18N2O4S/c1-8(15)10-6-9(14(16)17)11(19-10)18-7-12(2,3)13(4)5/h6H,7H2,1-5H3. The van der Waals surface area contributed by atoms with E-state index >= 15 is 0 Å². The van der Waals surface area contributed by atoms with Gasteiger partial charge in [-0.3, -0.25) is 14.9 Å². The van der Waals surface area contributed by atoms with Crippen LogP contribution < -0.4 is 4.74 Å². The fraction of sp³-hybridized carbons (Fsp3) is 0.583. The Morgan fingerprint density at radius 2 is 2.11 bits per heavy atom. The molecule has 6 nitrogen and oxygen atoms in total. The smallest absolute Gasteiger partial charge is 0.323 e. The monoisotopic (exact) mass is 286 g/mol. The van der Waals surface area contributed by atoms with Crippen molar-refractivity contribution in [1.29, 1.82) is 0 Å². The van der Waals surface area contributed by atoms with Crippen LogP contribution in [0.25, 0.3) is 0 Å². The SMILES string of the molecule is CC(=O)c1cc([N+](=O)[O-])c(OCC(C)(C)N(C)C)s1. The Morgan fingerprint density at radius 1 is 1.53 bits per heavy atom. The molecule has 7 heteroatoms. The lowest BCUT2D eigenvalue weighted by Gasteiger charge is -2.31. The van der Waals surface area contributed by atoms with Crippen molar-refractivity contribution >= 4 is 22.8 Å². The number of hydrogen-bond acceptors (Lipinski definition) is 6. The van der Waals surface area contributed by atoms with Crippen molar-refractivity contribution < 1.29 is 14.5 Å². The summed E-state index contributed by atoms with van der Waals surface area (Å²) in [6, 6.07) is 1.27. The van der Waals surface area contributed by atoms with Crippen LogP contribution >= 0.6 is 11.3 Å². The Labute approximate surface area is 116 Å². The summed E-state index contributed by atoms with van der Waals surface area (Å²) < 4.78 is 5.54. The summed E-state index contributed by atoms with van der Waals surface area (Å²) in [7, 11) is 3.82. The number of nitro groups is 1. The number of nitrogens with zero attached hydrogens (tertiary/aromatic N) is 2. The van der Waals surface area contributed by atoms with Gasteiger partial charge >= 0.3 is 5.69 Å². The van der Waals surface area contributed by atoms with Crippen molar-refractivity contribution in [2.45, 2.75) is 26.3 Å². The minimum absolute atomic E-state index is 0.148. The fourth-order valence-electron chi connectivity index (χ4n) is 1.14. The quantitative estimate of drug-likeness (QED) is 0.456. The third kappa shape index (κ3) is 3.74. The average Bonchev–Trinajstić information content (AvgIpc) is 2.70. The van der Waals surface area contributed by atoms with E-state index in [0.29, 0.717) is 11.5 Å². The first-order chi connectivity index (χ1) is 8.65. The summed E-state index contributed by atoms with van der Waals surface area (Å²) in [6.07, 6.45) is 0. The van der Waals surface area contributed by atoms with Crippen LogP contribution in [0.1, 0.15) is 30.4 Å². The lowest BCUT2D eigenvalue weighted by atomic mass is 10.1. The molecule has 0 bridgehead atoms. The number of carbonyl (C=O) groups is 1. The predicted octanol–water partition coefficient (Wildman–Crippen LogP) is 2.58. The molecule has 1 heterocycles. The molecule has 0 atom stereocenters. The first-order valence-electron chi connectivity index (χ1n) is 5.74. The number of hydrogen-bond donors (Lipinski definition) is 0. The highest BCUT2D eigenvalue weighted by Crippen LogP contribution is 2.37. The maximum atomic E-state index is 11.3. The van der Waals surface area contributed by atoms with Crippen LogP contribution in [0, 0.1) is 10.1 Å². The molecule has 1 aromatic rings. The van der Waals surface area contributed by atoms with Crippen LogP contribution in [-0.2, 0) is 0 Å². The number of likely N-dealkylation sites (N-methyl/N-ethyl adjacent to an activating group) is 1. The van der Waals surface area contributed by atoms with Crippen LogP contribution in [-0.4, -0.2) is 41.8 Å². The lowest BCUT2D eigenvalue weighted by molar-refractivity contribution is -0.385. The minimum Gasteiger partial charge on any atom is -0.477 e. The summed E-state index contributed by atoms with van der Waals surface area (Å²) in [5.74, 6) is -0.199. The molecular formula is C12H18N2O4S. The van der Waals surface area contributed by atoms with Crippen molar-refractivity contribution in [1.82, 2.24) is 4.90 Å². The predicted molar refractivity (Wildman–Crippen MR) is 74.2 cm³/mol. The maximum Gasteiger partial charge on any atom is 0.323 e. The zero-order valence-corrected chi connectivity index (χ0v) is 12.5. The molecule has 0 unspecified atom stereocenters. The van der Waals surface area contributed by atoms with E-state index in [9.17, 15) is 14.9 Å². The van der Waals surface area contributed by atoms with Gasteiger partial charge in [0.05, 0.1) is 9.80 Å². The van der Waals surface area contributed by atoms with Crippen molar-refractivity contribution in [2.75, 3.05) is 20.7 Å². The molecule has 0 N–H and O–H groups in total. The molecule has 0 aromatic carbocycles. The average molecular weight is 286 g/mol. The Balaban J connectivity index is 2.94. The Kier molecular flexibility index (Phi) is 4.65. The Bertz CT molecular complexity index is 494. The zero-order chi connectivity index (χ0) is 14.8. The third-order valence-corrected chi connectivity index (χ3v) is 4.13. The van der Waals surface area contributed by atoms with Crippen molar-refractivity contribution in [3.63, 3.8) is 0 Å². The van der Waals surface area contributed by atoms with Gasteiger partial charge in [0.1, 0.15) is 6.61 Å². The first-order valence-corrected chi connectivity index (χ1v) is 6.56. The molecule has 0 aliphatic heterocycles. The van der Waals surface area contributed by atoms with E-state index in [-0.39, 0.29) is 22.1 Å². The molecule has 0 saturated heterocycles. The molecule has 0 radical (unpaired) electrons. The number of ketones is 1. The highest BCUT2D eigenvalue weighted by Gasteiger charge is 2.26. The van der Waals surface area contributed by atoms with E-state index in [1.165, 1.54) is 13.0 Å². The number of rotatable bonds is 6. The first kappa shape index (κ1) is 15.6. The summed E-state index contributed by atoms with van der Waals surface area (Å²) in [5, 5.41) is 11.1. The van der Waals surface area contributed by atoms with Crippen LogP contribution in [0.15, 0.2) is 6.07 Å². The molecular weight excluding hydrogens is 268 g/mol. The van der Waals surface area contributed by atoms with Crippen molar-refractivity contribution in [3.05, 3.63) is 21.1 Å². The number of Topliss-reactive ketones (excluding diaryl/α,β-unsaturated/α-hetero) is 1. The molecule has 0 aliphatic rings. The van der Waals surface area contributed by atoms with E-state index in [1.54, 1.807) is 0 Å². The fourth-order valence-corrected chi connectivity index (χ4v) is 2.01. The van der Waals surface area contributed by atoms with Gasteiger partial charge in [0, 0.05) is 11.6 Å². The molecule has 0 fully saturated rings. The molecule has 1 rings (SSSR count). The van der Waals surface area contributed by atoms with Gasteiger partial charge in [-0.25, -0.2) is 0 Å². The Morgan fingerprint density at radius 3 is 2.53 bits per heavy atom. The summed E-state index contributed by atoms with van der Waals surface area (Å²) >= 11 is 1.02. The second-order valence-electron chi connectivity index (χ2n) is 5.09. The number of ether oxygens (including phenoxy) is 1. The minimum atomic E-state index is -0.527. The second kappa shape index (κ2) is 5.66. The highest BCUT2D eigenvalue weighted by molar-refractivity contribution is 7.16. The van der Waals surface area contributed by atoms with Gasteiger partial charge in [-0.1, -0.05) is 11.3 Å². The van der Waals surface area contributed by atoms with E-state index in [4.69, 9.17) is 4.74 Å². The second-order valence-corrected chi connectivity index (χ2v) is 6.11. The van der Waals surface area contributed by atoms with Gasteiger partial charge in [0.25, 0.3) is 5.06 Å². The van der Waals surface area contributed by atoms with Crippen LogP contribution in [0.4, 0.5) is 5.69 Å². The summed E-state index contributed by atoms with van der Waals surface area (Å²) in [5.41, 5.74) is -0.404. The van der Waals surface area contributed by atoms with Gasteiger partial charge in [0.2, 0.25) is 0 Å². The lowest BCUT2D eigenvalue weighted by Crippen LogP contribution is -2.43. The summed E-state index contributed by atoms with van der Waals surface area (Å²) in [6.45, 7) is 5.62. The van der Waals surface area contributed by atoms with Crippen LogP contribution in [0.5, 0.6) is 5.06 Å². The van der Waals surface area contributed by atoms with Gasteiger partial charge in [0.15, 0.2) is 5.78 Å². The maximum absolute atomic E-state index is 11.3. The number of thiophene rings is 1. The molecule has 0 aliphatic carbocycles. The van der Waals surface area contributed by atoms with Crippen LogP contribution in [0.2, 0.25) is 0 Å². The van der Waals surface area contributed by atoms with Crippen molar-refractivity contribution in [3.8, 4) is 5.06 Å². The topological polar surface area (TPSA) is 72.7 Å². The third-order valence-electron chi connectivity index (χ3n) is 2.99. The van der Waals surface area contributed by atoms with E-state index in [1.807, 2.05) is 32.8 Å². The van der Waals surface area contributed by atoms with Gasteiger partial charge in [-0.05, 0) is 34.9 Å². The molecule has 0 saturated carbocycles. The van der Waals surface area contributed by atoms with E-state index in [0.717, 1.165) is 11.3 Å². The van der Waals surface area contributed by atoms with Gasteiger partial charge in [-0.15, -0.1) is 0 Å². The highest BCUT2D eigenvalue weighted by atomic mass is 32.1. The van der Waals surface area contributed by atoms with Crippen LogP contribution in [0.3, 0.4) is 0 Å². The normalized spacial score (nSPS) is 11.7.